The maximum absolute atomic E-state index is 14.1. The molecule has 0 aromatic carbocycles. The van der Waals surface area contributed by atoms with E-state index in [1.165, 1.54) is 0 Å². The zero-order chi connectivity index (χ0) is 18.4. The first-order chi connectivity index (χ1) is 13.2. The Morgan fingerprint density at radius 3 is 2.93 bits per heavy atom. The lowest BCUT2D eigenvalue weighted by atomic mass is 9.89. The van der Waals surface area contributed by atoms with Crippen molar-refractivity contribution in [3.05, 3.63) is 0 Å². The fourth-order valence-electron chi connectivity index (χ4n) is 5.89. The van der Waals surface area contributed by atoms with E-state index in [2.05, 4.69) is 26.0 Å². The van der Waals surface area contributed by atoms with Gasteiger partial charge in [0, 0.05) is 58.1 Å². The van der Waals surface area contributed by atoms with E-state index in [-0.39, 0.29) is 18.2 Å². The quantitative estimate of drug-likeness (QED) is 0.584. The SMILES string of the molecule is CO[C@@H]1CN2CCOC3CC(F)CCC3N3NCC4CNC(C[C@@H]1C2)NC43. The molecule has 9 atom stereocenters. The molecule has 1 aliphatic carbocycles. The van der Waals surface area contributed by atoms with Crippen LogP contribution in [0.3, 0.4) is 0 Å². The smallest absolute Gasteiger partial charge is 0.103 e. The van der Waals surface area contributed by atoms with Gasteiger partial charge in [0.25, 0.3) is 0 Å². The summed E-state index contributed by atoms with van der Waals surface area (Å²) in [6.45, 7) is 5.59. The summed E-state index contributed by atoms with van der Waals surface area (Å²) in [4.78, 5) is 2.45. The van der Waals surface area contributed by atoms with E-state index in [1.807, 2.05) is 7.11 Å². The summed E-state index contributed by atoms with van der Waals surface area (Å²) < 4.78 is 26.2. The second kappa shape index (κ2) is 7.82. The predicted octanol–water partition coefficient (Wildman–Crippen LogP) is -0.106. The van der Waals surface area contributed by atoms with Gasteiger partial charge in [-0.3, -0.25) is 15.6 Å². The van der Waals surface area contributed by atoms with Gasteiger partial charge in [0.1, 0.15) is 6.17 Å². The first-order valence-corrected chi connectivity index (χ1v) is 10.7. The van der Waals surface area contributed by atoms with Gasteiger partial charge in [0.2, 0.25) is 0 Å². The van der Waals surface area contributed by atoms with Crippen molar-refractivity contribution in [2.75, 3.05) is 46.4 Å². The molecule has 3 N–H and O–H groups in total. The fraction of sp³-hybridized carbons (Fsp3) is 1.00. The molecular formula is C19H34FN5O2. The number of rotatable bonds is 1. The first kappa shape index (κ1) is 18.7. The Kier molecular flexibility index (Phi) is 5.40. The number of hydrogen-bond acceptors (Lipinski definition) is 7. The summed E-state index contributed by atoms with van der Waals surface area (Å²) in [5.41, 5.74) is 3.62. The molecule has 0 amide bonds. The molecule has 27 heavy (non-hydrogen) atoms. The molecule has 4 aliphatic heterocycles. The fourth-order valence-corrected chi connectivity index (χ4v) is 5.89. The van der Waals surface area contributed by atoms with Crippen molar-refractivity contribution in [1.82, 2.24) is 26.0 Å². The molecule has 8 heteroatoms. The lowest BCUT2D eigenvalue weighted by Gasteiger charge is -2.45. The molecular weight excluding hydrogens is 349 g/mol. The average Bonchev–Trinajstić information content (AvgIpc) is 3.25. The number of methoxy groups -OCH3 is 1. The minimum Gasteiger partial charge on any atom is -0.380 e. The molecule has 0 aromatic heterocycles. The molecule has 4 heterocycles. The number of nitrogens with zero attached hydrogens (tertiary/aromatic N) is 2. The molecule has 0 spiro atoms. The van der Waals surface area contributed by atoms with Crippen LogP contribution in [0.5, 0.6) is 0 Å². The number of fused-ring (bicyclic) bond motifs is 5. The van der Waals surface area contributed by atoms with Gasteiger partial charge < -0.3 is 14.8 Å². The van der Waals surface area contributed by atoms with Crippen molar-refractivity contribution in [2.24, 2.45) is 11.8 Å². The topological polar surface area (TPSA) is 61.0 Å². The Hall–Kier alpha value is -0.350. The van der Waals surface area contributed by atoms with Crippen LogP contribution in [0.1, 0.15) is 25.7 Å². The van der Waals surface area contributed by atoms with Gasteiger partial charge in [-0.2, -0.15) is 0 Å². The number of ether oxygens (including phenoxy) is 2. The standard InChI is InChI=1S/C19H34FN5O2/c1-26-17-11-24-4-5-27-16-7-14(20)2-3-15(16)25-19-13(9-22-25)8-21-18(23-19)6-12(17)10-24/h12-19,21-23H,2-11H2,1H3/t12-,13?,14?,15?,16?,17-,18?,19?/m1/s1. The van der Waals surface area contributed by atoms with Crippen molar-refractivity contribution in [3.63, 3.8) is 0 Å². The average molecular weight is 384 g/mol. The van der Waals surface area contributed by atoms with Crippen LogP contribution in [-0.4, -0.2) is 93.1 Å². The van der Waals surface area contributed by atoms with E-state index in [1.54, 1.807) is 0 Å². The predicted molar refractivity (Wildman–Crippen MR) is 99.7 cm³/mol. The van der Waals surface area contributed by atoms with Gasteiger partial charge in [-0.1, -0.05) is 0 Å². The van der Waals surface area contributed by atoms with Crippen molar-refractivity contribution in [3.8, 4) is 0 Å². The van der Waals surface area contributed by atoms with Crippen molar-refractivity contribution in [2.45, 2.75) is 62.4 Å². The van der Waals surface area contributed by atoms with Crippen LogP contribution >= 0.6 is 0 Å². The third-order valence-electron chi connectivity index (χ3n) is 7.37. The maximum Gasteiger partial charge on any atom is 0.103 e. The molecule has 5 aliphatic rings. The summed E-state index contributed by atoms with van der Waals surface area (Å²) in [6, 6.07) is 0.248. The molecule has 4 saturated heterocycles. The number of hydrazine groups is 1. The molecule has 4 bridgehead atoms. The van der Waals surface area contributed by atoms with E-state index in [0.717, 1.165) is 45.6 Å². The monoisotopic (exact) mass is 383 g/mol. The summed E-state index contributed by atoms with van der Waals surface area (Å²) in [5.74, 6) is 1.06. The molecule has 7 nitrogen and oxygen atoms in total. The minimum absolute atomic E-state index is 0.0347. The summed E-state index contributed by atoms with van der Waals surface area (Å²) >= 11 is 0. The lowest BCUT2D eigenvalue weighted by Crippen LogP contribution is -2.65. The zero-order valence-corrected chi connectivity index (χ0v) is 16.3. The van der Waals surface area contributed by atoms with Crippen molar-refractivity contribution in [1.29, 1.82) is 0 Å². The molecule has 0 radical (unpaired) electrons. The second-order valence-electron chi connectivity index (χ2n) is 9.02. The normalized spacial score (nSPS) is 51.1. The molecule has 5 rings (SSSR count). The largest absolute Gasteiger partial charge is 0.380 e. The number of nitrogens with one attached hydrogen (secondary N) is 3. The highest BCUT2D eigenvalue weighted by Crippen LogP contribution is 2.33. The molecule has 1 saturated carbocycles. The highest BCUT2D eigenvalue weighted by Gasteiger charge is 2.47. The van der Waals surface area contributed by atoms with E-state index in [9.17, 15) is 4.39 Å². The van der Waals surface area contributed by atoms with E-state index in [0.29, 0.717) is 43.6 Å². The Labute approximate surface area is 161 Å². The van der Waals surface area contributed by atoms with Crippen molar-refractivity contribution >= 4 is 0 Å². The third-order valence-corrected chi connectivity index (χ3v) is 7.37. The minimum atomic E-state index is -0.733. The molecule has 5 fully saturated rings. The summed E-state index contributed by atoms with van der Waals surface area (Å²) in [6.07, 6.45) is 3.21. The van der Waals surface area contributed by atoms with Crippen LogP contribution in [0.2, 0.25) is 0 Å². The van der Waals surface area contributed by atoms with Gasteiger partial charge in [-0.25, -0.2) is 9.40 Å². The van der Waals surface area contributed by atoms with Crippen LogP contribution in [0.25, 0.3) is 0 Å². The van der Waals surface area contributed by atoms with E-state index < -0.39 is 6.17 Å². The highest BCUT2D eigenvalue weighted by molar-refractivity contribution is 4.99. The Bertz CT molecular complexity index is 528. The maximum atomic E-state index is 14.1. The van der Waals surface area contributed by atoms with Gasteiger partial charge in [0.15, 0.2) is 0 Å². The molecule has 0 aromatic rings. The van der Waals surface area contributed by atoms with E-state index >= 15 is 0 Å². The second-order valence-corrected chi connectivity index (χ2v) is 9.02. The zero-order valence-electron chi connectivity index (χ0n) is 16.3. The van der Waals surface area contributed by atoms with Crippen LogP contribution in [0, 0.1) is 11.8 Å². The summed E-state index contributed by atoms with van der Waals surface area (Å²) in [7, 11) is 1.83. The molecule has 154 valence electrons. The van der Waals surface area contributed by atoms with Gasteiger partial charge in [0.05, 0.1) is 37.2 Å². The summed E-state index contributed by atoms with van der Waals surface area (Å²) in [5, 5.41) is 9.94. The Balaban J connectivity index is 1.38. The van der Waals surface area contributed by atoms with Crippen LogP contribution in [-0.2, 0) is 9.47 Å². The van der Waals surface area contributed by atoms with Gasteiger partial charge in [-0.05, 0) is 19.3 Å². The third kappa shape index (κ3) is 3.66. The number of hydrogen-bond donors (Lipinski definition) is 3. The Morgan fingerprint density at radius 2 is 2.04 bits per heavy atom. The van der Waals surface area contributed by atoms with Crippen LogP contribution in [0.4, 0.5) is 4.39 Å². The lowest BCUT2D eigenvalue weighted by molar-refractivity contribution is -0.0828. The highest BCUT2D eigenvalue weighted by atomic mass is 19.1. The molecule has 7 unspecified atom stereocenters. The Morgan fingerprint density at radius 1 is 1.11 bits per heavy atom. The number of halogens is 1. The van der Waals surface area contributed by atoms with Gasteiger partial charge in [-0.15, -0.1) is 0 Å². The van der Waals surface area contributed by atoms with E-state index in [4.69, 9.17) is 9.47 Å². The first-order valence-electron chi connectivity index (χ1n) is 10.7. The van der Waals surface area contributed by atoms with Crippen LogP contribution in [0.15, 0.2) is 0 Å². The van der Waals surface area contributed by atoms with Crippen LogP contribution < -0.4 is 16.1 Å². The van der Waals surface area contributed by atoms with Crippen molar-refractivity contribution < 1.29 is 13.9 Å². The van der Waals surface area contributed by atoms with Gasteiger partial charge >= 0.3 is 0 Å². The number of alkyl halides is 1.